The first-order valence-electron chi connectivity index (χ1n) is 10.8. The number of fused-ring (bicyclic) bond motifs is 2. The zero-order valence-electron chi connectivity index (χ0n) is 18.9. The number of rotatable bonds is 6. The van der Waals surface area contributed by atoms with E-state index in [0.29, 0.717) is 12.1 Å². The Morgan fingerprint density at radius 3 is 2.31 bits per heavy atom. The van der Waals surface area contributed by atoms with Gasteiger partial charge in [0, 0.05) is 28.9 Å². The molecule has 0 aromatic heterocycles. The third kappa shape index (κ3) is 5.38. The molecule has 7 nitrogen and oxygen atoms in total. The zero-order chi connectivity index (χ0) is 24.7. The summed E-state index contributed by atoms with van der Waals surface area (Å²) in [7, 11) is -7.40. The van der Waals surface area contributed by atoms with E-state index in [0.717, 1.165) is 16.9 Å². The third-order valence-corrected chi connectivity index (χ3v) is 8.87. The van der Waals surface area contributed by atoms with Gasteiger partial charge < -0.3 is 4.90 Å². The molecular formula is C25H28NNaO6S2. The first kappa shape index (κ1) is 27.9. The molecule has 0 fully saturated rings. The van der Waals surface area contributed by atoms with Crippen molar-refractivity contribution in [2.75, 3.05) is 17.2 Å². The summed E-state index contributed by atoms with van der Waals surface area (Å²) in [5, 5.41) is 0. The van der Waals surface area contributed by atoms with Crippen LogP contribution in [0.2, 0.25) is 0 Å². The summed E-state index contributed by atoms with van der Waals surface area (Å²) >= 11 is 0. The first-order valence-corrected chi connectivity index (χ1v) is 13.9. The Labute approximate surface area is 229 Å². The molecule has 10 heteroatoms. The van der Waals surface area contributed by atoms with Gasteiger partial charge in [-0.2, -0.15) is 8.42 Å². The maximum atomic E-state index is 12.7. The molecule has 0 spiro atoms. The Balaban J connectivity index is 0.00000342. The summed E-state index contributed by atoms with van der Waals surface area (Å²) in [6, 6.07) is 14.4. The van der Waals surface area contributed by atoms with Crippen molar-refractivity contribution in [3.8, 4) is 0 Å². The summed E-state index contributed by atoms with van der Waals surface area (Å²) in [6.07, 6.45) is 6.91. The summed E-state index contributed by atoms with van der Waals surface area (Å²) in [4.78, 5) is 14.9. The second kappa shape index (κ2) is 10.4. The van der Waals surface area contributed by atoms with Gasteiger partial charge in [-0.05, 0) is 42.3 Å². The van der Waals surface area contributed by atoms with Gasteiger partial charge in [0.2, 0.25) is 5.78 Å². The fraction of sp³-hybridized carbons (Fsp3) is 0.240. The van der Waals surface area contributed by atoms with E-state index >= 15 is 0 Å². The molecule has 2 aromatic rings. The molecule has 35 heavy (non-hydrogen) atoms. The molecule has 0 radical (unpaired) electrons. The van der Waals surface area contributed by atoms with Gasteiger partial charge in [0.15, 0.2) is 0 Å². The minimum absolute atomic E-state index is 0. The summed E-state index contributed by atoms with van der Waals surface area (Å²) in [5.74, 6) is -0.727. The molecule has 2 aliphatic heterocycles. The van der Waals surface area contributed by atoms with Crippen LogP contribution >= 0.6 is 10.6 Å². The average Bonchev–Trinajstić information content (AvgIpc) is 3.10. The van der Waals surface area contributed by atoms with E-state index in [2.05, 4.69) is 13.8 Å². The molecular weight excluding hydrogens is 497 g/mol. The molecule has 2 aromatic carbocycles. The fourth-order valence-electron chi connectivity index (χ4n) is 4.53. The molecule has 0 saturated carbocycles. The number of allylic oxidation sites excluding steroid dienone is 6. The van der Waals surface area contributed by atoms with Crippen LogP contribution in [-0.4, -0.2) is 69.7 Å². The van der Waals surface area contributed by atoms with Crippen LogP contribution in [-0.2, 0) is 15.5 Å². The molecule has 0 aliphatic carbocycles. The average molecular weight is 526 g/mol. The number of benzene rings is 2. The van der Waals surface area contributed by atoms with Crippen LogP contribution in [0.5, 0.6) is 0 Å². The van der Waals surface area contributed by atoms with Crippen molar-refractivity contribution in [3.05, 3.63) is 94.6 Å². The number of Topliss-reactive ketones (excluding diaryl/α,β-unsaturated/α-hetero) is 1. The monoisotopic (exact) mass is 525 g/mol. The van der Waals surface area contributed by atoms with Crippen LogP contribution in [0.4, 0.5) is 5.69 Å². The van der Waals surface area contributed by atoms with E-state index in [9.17, 15) is 22.3 Å². The number of hydrogen-bond acceptors (Lipinski definition) is 6. The molecule has 2 aliphatic rings. The van der Waals surface area contributed by atoms with Gasteiger partial charge in [0.25, 0.3) is 10.1 Å². The number of nitrogens with zero attached hydrogens (tertiary/aromatic N) is 1. The predicted octanol–water partition coefficient (Wildman–Crippen LogP) is 4.74. The van der Waals surface area contributed by atoms with Crippen LogP contribution < -0.4 is 4.90 Å². The SMILES string of the molecule is CC1(C)C(=CC=CC=C2C(=O)c3ccccc3S2(O)O)N(CCCS(=O)(=O)O)c2ccccc21.[NaH]. The Kier molecular flexibility index (Phi) is 8.25. The second-order valence-corrected chi connectivity index (χ2v) is 12.3. The number of carbonyl (C=O) groups excluding carboxylic acids is 1. The number of carbonyl (C=O) groups is 1. The Hall–Kier alpha value is -1.69. The Morgan fingerprint density at radius 2 is 1.63 bits per heavy atom. The molecule has 2 heterocycles. The van der Waals surface area contributed by atoms with Crippen molar-refractivity contribution >= 4 is 61.7 Å². The molecule has 0 atom stereocenters. The Bertz CT molecular complexity index is 1350. The van der Waals surface area contributed by atoms with Crippen molar-refractivity contribution in [3.63, 3.8) is 0 Å². The van der Waals surface area contributed by atoms with Crippen molar-refractivity contribution in [2.45, 2.75) is 30.6 Å². The van der Waals surface area contributed by atoms with Gasteiger partial charge in [0.05, 0.1) is 10.6 Å². The van der Waals surface area contributed by atoms with Gasteiger partial charge in [0.1, 0.15) is 4.91 Å². The first-order chi connectivity index (χ1) is 15.9. The van der Waals surface area contributed by atoms with Crippen LogP contribution in [0, 0.1) is 0 Å². The van der Waals surface area contributed by atoms with E-state index in [1.165, 1.54) is 6.08 Å². The van der Waals surface area contributed by atoms with Crippen LogP contribution in [0.1, 0.15) is 36.2 Å². The normalized spacial score (nSPS) is 21.3. The molecule has 3 N–H and O–H groups in total. The zero-order valence-corrected chi connectivity index (χ0v) is 20.5. The molecule has 182 valence electrons. The van der Waals surface area contributed by atoms with E-state index in [-0.39, 0.29) is 56.9 Å². The van der Waals surface area contributed by atoms with Crippen LogP contribution in [0.25, 0.3) is 0 Å². The standard InChI is InChI=1S/C25H27NO6S2.Na.H/c1-25(2)19-11-4-5-12-20(19)26(16-9-17-33(28,29)30)23(25)15-8-7-14-22-24(27)18-10-3-6-13-21(18)34(22,31)32;;/h3-8,10-15,31-32H,9,16-17H2,1-2H3,(H,28,29,30);;. The van der Waals surface area contributed by atoms with Gasteiger partial charge in [-0.1, -0.05) is 56.3 Å². The molecule has 0 saturated heterocycles. The topological polar surface area (TPSA) is 115 Å². The number of hydrogen-bond donors (Lipinski definition) is 3. The molecule has 0 unspecified atom stereocenters. The number of para-hydroxylation sites is 1. The molecule has 0 bridgehead atoms. The van der Waals surface area contributed by atoms with Gasteiger partial charge >= 0.3 is 29.6 Å². The van der Waals surface area contributed by atoms with Crippen LogP contribution in [0.3, 0.4) is 0 Å². The summed E-state index contributed by atoms with van der Waals surface area (Å²) in [5.41, 5.74) is 2.92. The number of anilines is 1. The molecule has 0 amide bonds. The quantitative estimate of drug-likeness (QED) is 0.283. The third-order valence-electron chi connectivity index (χ3n) is 6.16. The van der Waals surface area contributed by atoms with Crippen molar-refractivity contribution in [1.82, 2.24) is 0 Å². The van der Waals surface area contributed by atoms with Gasteiger partial charge in [-0.15, -0.1) is 10.6 Å². The second-order valence-electron chi connectivity index (χ2n) is 8.78. The van der Waals surface area contributed by atoms with Crippen molar-refractivity contribution < 1.29 is 26.9 Å². The Morgan fingerprint density at radius 1 is 1.00 bits per heavy atom. The van der Waals surface area contributed by atoms with Crippen molar-refractivity contribution in [1.29, 1.82) is 0 Å². The van der Waals surface area contributed by atoms with E-state index in [1.807, 2.05) is 35.2 Å². The van der Waals surface area contributed by atoms with E-state index in [4.69, 9.17) is 4.55 Å². The summed E-state index contributed by atoms with van der Waals surface area (Å²) < 4.78 is 52.7. The maximum absolute atomic E-state index is 12.7. The van der Waals surface area contributed by atoms with E-state index < -0.39 is 26.5 Å². The van der Waals surface area contributed by atoms with Crippen molar-refractivity contribution in [2.24, 2.45) is 0 Å². The van der Waals surface area contributed by atoms with Gasteiger partial charge in [-0.25, -0.2) is 0 Å². The van der Waals surface area contributed by atoms with Crippen LogP contribution in [0.15, 0.2) is 88.3 Å². The summed E-state index contributed by atoms with van der Waals surface area (Å²) in [6.45, 7) is 4.54. The minimum atomic E-state index is -4.05. The predicted molar refractivity (Wildman–Crippen MR) is 142 cm³/mol. The molecule has 4 rings (SSSR count). The van der Waals surface area contributed by atoms with Gasteiger partial charge in [-0.3, -0.25) is 18.5 Å². The number of ketones is 1. The van der Waals surface area contributed by atoms with E-state index in [1.54, 1.807) is 36.4 Å². The fourth-order valence-corrected chi connectivity index (χ4v) is 6.63.